The van der Waals surface area contributed by atoms with Crippen LogP contribution in [-0.2, 0) is 4.74 Å². The highest BCUT2D eigenvalue weighted by atomic mass is 79.9. The van der Waals surface area contributed by atoms with Gasteiger partial charge in [-0.15, -0.1) is 0 Å². The Morgan fingerprint density at radius 2 is 2.17 bits per heavy atom. The van der Waals surface area contributed by atoms with Crippen molar-refractivity contribution in [3.8, 4) is 17.1 Å². The number of aromatic nitrogens is 3. The number of rotatable bonds is 3. The molecule has 0 aliphatic carbocycles. The number of hydrogen-bond acceptors (Lipinski definition) is 4. The second-order valence-corrected chi connectivity index (χ2v) is 6.78. The van der Waals surface area contributed by atoms with Gasteiger partial charge in [0.2, 0.25) is 5.88 Å². The van der Waals surface area contributed by atoms with E-state index in [0.29, 0.717) is 5.88 Å². The molecule has 1 saturated heterocycles. The minimum atomic E-state index is -0.0000849. The molecule has 0 saturated carbocycles. The summed E-state index contributed by atoms with van der Waals surface area (Å²) < 4.78 is 14.2. The highest BCUT2D eigenvalue weighted by molar-refractivity contribution is 9.10. The predicted molar refractivity (Wildman–Crippen MR) is 96.1 cm³/mol. The van der Waals surface area contributed by atoms with Crippen molar-refractivity contribution < 1.29 is 9.47 Å². The summed E-state index contributed by atoms with van der Waals surface area (Å²) in [6, 6.07) is 10.1. The van der Waals surface area contributed by atoms with Gasteiger partial charge in [-0.2, -0.15) is 5.10 Å². The van der Waals surface area contributed by atoms with Crippen molar-refractivity contribution in [2.45, 2.75) is 25.5 Å². The molecule has 1 unspecified atom stereocenters. The molecule has 124 valence electrons. The first-order valence-corrected chi connectivity index (χ1v) is 8.85. The Labute approximate surface area is 148 Å². The van der Waals surface area contributed by atoms with Crippen LogP contribution in [-0.4, -0.2) is 28.5 Å². The van der Waals surface area contributed by atoms with Gasteiger partial charge in [0.25, 0.3) is 0 Å². The fourth-order valence-electron chi connectivity index (χ4n) is 3.13. The predicted octanol–water partition coefficient (Wildman–Crippen LogP) is 4.57. The average Bonchev–Trinajstić information content (AvgIpc) is 3.01. The Hall–Kier alpha value is -1.92. The first kappa shape index (κ1) is 15.6. The van der Waals surface area contributed by atoms with Crippen molar-refractivity contribution in [3.05, 3.63) is 41.0 Å². The number of hydrogen-bond donors (Lipinski definition) is 0. The summed E-state index contributed by atoms with van der Waals surface area (Å²) in [5.41, 5.74) is 2.98. The molecular formula is C18H18BrN3O2. The molecule has 0 radical (unpaired) electrons. The molecule has 1 fully saturated rings. The van der Waals surface area contributed by atoms with Crippen molar-refractivity contribution in [1.82, 2.24) is 14.8 Å². The highest BCUT2D eigenvalue weighted by Crippen LogP contribution is 2.34. The van der Waals surface area contributed by atoms with Crippen LogP contribution in [0.2, 0.25) is 0 Å². The van der Waals surface area contributed by atoms with Gasteiger partial charge in [-0.25, -0.2) is 9.67 Å². The fraction of sp³-hybridized carbons (Fsp3) is 0.333. The largest absolute Gasteiger partial charge is 0.481 e. The zero-order valence-corrected chi connectivity index (χ0v) is 15.0. The zero-order valence-electron chi connectivity index (χ0n) is 13.4. The molecule has 6 heteroatoms. The molecule has 1 aliphatic heterocycles. The molecule has 3 aromatic rings. The van der Waals surface area contributed by atoms with Crippen LogP contribution in [0.1, 0.15) is 25.5 Å². The second kappa shape index (κ2) is 6.53. The Morgan fingerprint density at radius 3 is 2.96 bits per heavy atom. The third-order valence-electron chi connectivity index (χ3n) is 4.31. The molecule has 4 rings (SSSR count). The van der Waals surface area contributed by atoms with Crippen molar-refractivity contribution in [2.75, 3.05) is 13.7 Å². The number of nitrogens with zero attached hydrogens (tertiary/aromatic N) is 3. The lowest BCUT2D eigenvalue weighted by Crippen LogP contribution is -2.19. The van der Waals surface area contributed by atoms with E-state index in [1.54, 1.807) is 13.3 Å². The summed E-state index contributed by atoms with van der Waals surface area (Å²) in [4.78, 5) is 4.19. The maximum atomic E-state index is 5.95. The molecule has 5 nitrogen and oxygen atoms in total. The van der Waals surface area contributed by atoms with Gasteiger partial charge in [0.05, 0.1) is 12.6 Å². The maximum Gasteiger partial charge on any atom is 0.213 e. The van der Waals surface area contributed by atoms with Gasteiger partial charge in [-0.3, -0.25) is 0 Å². The summed E-state index contributed by atoms with van der Waals surface area (Å²) in [6.07, 6.45) is 5.02. The monoisotopic (exact) mass is 387 g/mol. The molecule has 3 heterocycles. The molecule has 2 aromatic heterocycles. The van der Waals surface area contributed by atoms with Crippen LogP contribution < -0.4 is 4.74 Å². The topological polar surface area (TPSA) is 49.2 Å². The SMILES string of the molecule is COc1cc(-c2nn(C3CCCCO3)c3ccc(Br)cc23)ccn1. The van der Waals surface area contributed by atoms with E-state index in [4.69, 9.17) is 14.6 Å². The van der Waals surface area contributed by atoms with Gasteiger partial charge >= 0.3 is 0 Å². The zero-order chi connectivity index (χ0) is 16.5. The Balaban J connectivity index is 1.89. The number of pyridine rings is 1. The fourth-order valence-corrected chi connectivity index (χ4v) is 3.49. The van der Waals surface area contributed by atoms with E-state index in [1.807, 2.05) is 22.9 Å². The van der Waals surface area contributed by atoms with Gasteiger partial charge in [-0.05, 0) is 43.5 Å². The van der Waals surface area contributed by atoms with E-state index >= 15 is 0 Å². The first-order valence-electron chi connectivity index (χ1n) is 8.06. The number of fused-ring (bicyclic) bond motifs is 1. The van der Waals surface area contributed by atoms with Gasteiger partial charge in [-0.1, -0.05) is 15.9 Å². The van der Waals surface area contributed by atoms with Crippen LogP contribution in [0.4, 0.5) is 0 Å². The summed E-state index contributed by atoms with van der Waals surface area (Å²) >= 11 is 3.57. The van der Waals surface area contributed by atoms with Crippen LogP contribution in [0.15, 0.2) is 41.0 Å². The minimum absolute atomic E-state index is 0.0000849. The van der Waals surface area contributed by atoms with Gasteiger partial charge < -0.3 is 9.47 Å². The van der Waals surface area contributed by atoms with Gasteiger partial charge in [0.1, 0.15) is 5.69 Å². The van der Waals surface area contributed by atoms with Crippen LogP contribution in [0.5, 0.6) is 5.88 Å². The van der Waals surface area contributed by atoms with Gasteiger partial charge in [0.15, 0.2) is 6.23 Å². The molecule has 0 N–H and O–H groups in total. The van der Waals surface area contributed by atoms with E-state index in [9.17, 15) is 0 Å². The van der Waals surface area contributed by atoms with Crippen LogP contribution in [0.3, 0.4) is 0 Å². The molecule has 1 aliphatic rings. The van der Waals surface area contributed by atoms with Crippen molar-refractivity contribution in [1.29, 1.82) is 0 Å². The first-order chi connectivity index (χ1) is 11.8. The normalized spacial score (nSPS) is 18.0. The highest BCUT2D eigenvalue weighted by Gasteiger charge is 2.22. The minimum Gasteiger partial charge on any atom is -0.481 e. The van der Waals surface area contributed by atoms with E-state index in [1.165, 1.54) is 6.42 Å². The number of halogens is 1. The van der Waals surface area contributed by atoms with Crippen LogP contribution >= 0.6 is 15.9 Å². The quantitative estimate of drug-likeness (QED) is 0.660. The third-order valence-corrected chi connectivity index (χ3v) is 4.81. The summed E-state index contributed by atoms with van der Waals surface area (Å²) in [7, 11) is 1.62. The number of methoxy groups -OCH3 is 1. The second-order valence-electron chi connectivity index (χ2n) is 5.86. The number of ether oxygens (including phenoxy) is 2. The molecule has 0 amide bonds. The smallest absolute Gasteiger partial charge is 0.213 e. The van der Waals surface area contributed by atoms with E-state index in [2.05, 4.69) is 33.0 Å². The lowest BCUT2D eigenvalue weighted by Gasteiger charge is -2.23. The standard InChI is InChI=1S/C18H18BrN3O2/c1-23-16-10-12(7-8-20-16)18-14-11-13(19)5-6-15(14)22(21-18)17-4-2-3-9-24-17/h5-8,10-11,17H,2-4,9H2,1H3. The maximum absolute atomic E-state index is 5.95. The summed E-state index contributed by atoms with van der Waals surface area (Å²) in [5.74, 6) is 0.583. The molecule has 0 bridgehead atoms. The number of benzene rings is 1. The lowest BCUT2D eigenvalue weighted by molar-refractivity contribution is -0.0365. The van der Waals surface area contributed by atoms with E-state index in [-0.39, 0.29) is 6.23 Å². The van der Waals surface area contributed by atoms with E-state index < -0.39 is 0 Å². The molecular weight excluding hydrogens is 370 g/mol. The van der Waals surface area contributed by atoms with Crippen molar-refractivity contribution in [3.63, 3.8) is 0 Å². The summed E-state index contributed by atoms with van der Waals surface area (Å²) in [5, 5.41) is 5.98. The molecule has 1 aromatic carbocycles. The third kappa shape index (κ3) is 2.80. The molecule has 24 heavy (non-hydrogen) atoms. The Kier molecular flexibility index (Phi) is 4.24. The van der Waals surface area contributed by atoms with Crippen molar-refractivity contribution in [2.24, 2.45) is 0 Å². The lowest BCUT2D eigenvalue weighted by atomic mass is 10.1. The molecule has 1 atom stereocenters. The van der Waals surface area contributed by atoms with Gasteiger partial charge in [0, 0.05) is 34.3 Å². The van der Waals surface area contributed by atoms with E-state index in [0.717, 1.165) is 46.1 Å². The Morgan fingerprint density at radius 1 is 1.25 bits per heavy atom. The summed E-state index contributed by atoms with van der Waals surface area (Å²) in [6.45, 7) is 0.793. The van der Waals surface area contributed by atoms with Crippen LogP contribution in [0.25, 0.3) is 22.2 Å². The molecule has 0 spiro atoms. The van der Waals surface area contributed by atoms with Crippen LogP contribution in [0, 0.1) is 0 Å². The Bertz CT molecular complexity index is 872. The average molecular weight is 388 g/mol. The van der Waals surface area contributed by atoms with Crippen molar-refractivity contribution >= 4 is 26.8 Å².